The van der Waals surface area contributed by atoms with Crippen molar-refractivity contribution in [3.05, 3.63) is 29.8 Å². The normalized spacial score (nSPS) is 19.1. The van der Waals surface area contributed by atoms with E-state index >= 15 is 0 Å². The number of rotatable bonds is 6. The molecule has 0 amide bonds. The fourth-order valence-corrected chi connectivity index (χ4v) is 2.59. The highest BCUT2D eigenvalue weighted by molar-refractivity contribution is 5.53. The minimum absolute atomic E-state index is 0.410. The maximum Gasteiger partial charge on any atom is 0.0750 e. The minimum Gasteiger partial charge on any atom is -0.376 e. The summed E-state index contributed by atoms with van der Waals surface area (Å²) in [6.07, 6.45) is 2.82. The lowest BCUT2D eigenvalue weighted by molar-refractivity contribution is 0.115. The van der Waals surface area contributed by atoms with Crippen LogP contribution in [0.3, 0.4) is 0 Å². The maximum absolute atomic E-state index is 5.75. The Morgan fingerprint density at radius 1 is 1.39 bits per heavy atom. The zero-order valence-electron chi connectivity index (χ0n) is 11.5. The third kappa shape index (κ3) is 3.24. The van der Waals surface area contributed by atoms with Gasteiger partial charge < -0.3 is 15.0 Å². The highest BCUT2D eigenvalue weighted by Crippen LogP contribution is 2.23. The average Bonchev–Trinajstić information content (AvgIpc) is 2.90. The number of benzene rings is 1. The maximum atomic E-state index is 5.75. The first kappa shape index (κ1) is 13.4. The van der Waals surface area contributed by atoms with E-state index in [0.29, 0.717) is 6.10 Å². The molecule has 0 radical (unpaired) electrons. The average molecular weight is 248 g/mol. The van der Waals surface area contributed by atoms with Gasteiger partial charge >= 0.3 is 0 Å². The molecule has 1 aliphatic rings. The Kier molecular flexibility index (Phi) is 5.02. The van der Waals surface area contributed by atoms with Crippen molar-refractivity contribution in [1.29, 1.82) is 0 Å². The van der Waals surface area contributed by atoms with Crippen LogP contribution in [0.25, 0.3) is 0 Å². The van der Waals surface area contributed by atoms with Crippen molar-refractivity contribution in [3.8, 4) is 0 Å². The van der Waals surface area contributed by atoms with Gasteiger partial charge in [0.15, 0.2) is 0 Å². The van der Waals surface area contributed by atoms with Crippen LogP contribution in [0, 0.1) is 0 Å². The molecule has 0 aliphatic carbocycles. The fraction of sp³-hybridized carbons (Fsp3) is 0.600. The minimum atomic E-state index is 0.410. The molecular weight excluding hydrogens is 224 g/mol. The molecule has 0 aromatic heterocycles. The van der Waals surface area contributed by atoms with Crippen LogP contribution in [-0.4, -0.2) is 32.8 Å². The van der Waals surface area contributed by atoms with Gasteiger partial charge in [0.2, 0.25) is 0 Å². The molecular formula is C15H24N2O. The molecule has 18 heavy (non-hydrogen) atoms. The van der Waals surface area contributed by atoms with Gasteiger partial charge in [-0.05, 0) is 38.4 Å². The molecule has 3 heteroatoms. The molecule has 1 aromatic rings. The number of nitrogens with one attached hydrogen (secondary N) is 1. The summed E-state index contributed by atoms with van der Waals surface area (Å²) in [5, 5.41) is 3.24. The van der Waals surface area contributed by atoms with Crippen LogP contribution in [0.15, 0.2) is 24.3 Å². The van der Waals surface area contributed by atoms with Crippen molar-refractivity contribution in [1.82, 2.24) is 5.32 Å². The predicted molar refractivity (Wildman–Crippen MR) is 76.1 cm³/mol. The van der Waals surface area contributed by atoms with Gasteiger partial charge in [-0.15, -0.1) is 0 Å². The zero-order valence-corrected chi connectivity index (χ0v) is 11.5. The molecule has 1 aromatic carbocycles. The first-order chi connectivity index (χ1) is 8.85. The van der Waals surface area contributed by atoms with E-state index in [2.05, 4.69) is 41.4 Å². The Balaban J connectivity index is 2.10. The van der Waals surface area contributed by atoms with Gasteiger partial charge in [-0.2, -0.15) is 0 Å². The Bertz CT molecular complexity index is 361. The number of anilines is 1. The third-order valence-corrected chi connectivity index (χ3v) is 3.53. The molecule has 0 saturated carbocycles. The number of likely N-dealkylation sites (N-methyl/N-ethyl adjacent to an activating group) is 1. The number of hydrogen-bond donors (Lipinski definition) is 1. The van der Waals surface area contributed by atoms with Crippen LogP contribution in [0.2, 0.25) is 0 Å². The summed E-state index contributed by atoms with van der Waals surface area (Å²) < 4.78 is 5.75. The van der Waals surface area contributed by atoms with E-state index in [1.165, 1.54) is 24.1 Å². The molecule has 0 spiro atoms. The monoisotopic (exact) mass is 248 g/mol. The summed E-state index contributed by atoms with van der Waals surface area (Å²) in [5.74, 6) is 0. The second kappa shape index (κ2) is 6.76. The van der Waals surface area contributed by atoms with E-state index in [1.807, 2.05) is 7.05 Å². The van der Waals surface area contributed by atoms with Crippen LogP contribution in [-0.2, 0) is 11.3 Å². The van der Waals surface area contributed by atoms with Crippen LogP contribution < -0.4 is 10.2 Å². The van der Waals surface area contributed by atoms with E-state index in [1.54, 1.807) is 0 Å². The molecule has 1 N–H and O–H groups in total. The van der Waals surface area contributed by atoms with Crippen molar-refractivity contribution < 1.29 is 4.74 Å². The van der Waals surface area contributed by atoms with E-state index in [4.69, 9.17) is 4.74 Å². The van der Waals surface area contributed by atoms with Crippen LogP contribution >= 0.6 is 0 Å². The summed E-state index contributed by atoms with van der Waals surface area (Å²) in [6.45, 7) is 6.10. The molecule has 1 unspecified atom stereocenters. The SMILES string of the molecule is CCN(CC1CCCO1)c1ccccc1CNC. The molecule has 1 fully saturated rings. The first-order valence-electron chi connectivity index (χ1n) is 6.94. The number of nitrogens with zero attached hydrogens (tertiary/aromatic N) is 1. The summed E-state index contributed by atoms with van der Waals surface area (Å²) in [5.41, 5.74) is 2.70. The molecule has 100 valence electrons. The van der Waals surface area contributed by atoms with Crippen molar-refractivity contribution in [2.75, 3.05) is 31.6 Å². The molecule has 0 bridgehead atoms. The van der Waals surface area contributed by atoms with Crippen LogP contribution in [0.4, 0.5) is 5.69 Å². The van der Waals surface area contributed by atoms with Gasteiger partial charge in [-0.1, -0.05) is 18.2 Å². The van der Waals surface area contributed by atoms with Crippen LogP contribution in [0.1, 0.15) is 25.3 Å². The lowest BCUT2D eigenvalue weighted by Gasteiger charge is -2.28. The summed E-state index contributed by atoms with van der Waals surface area (Å²) in [7, 11) is 1.99. The fourth-order valence-electron chi connectivity index (χ4n) is 2.59. The Labute approximate surface area is 110 Å². The standard InChI is InChI=1S/C15H24N2O/c1-3-17(12-14-8-6-10-18-14)15-9-5-4-7-13(15)11-16-2/h4-5,7,9,14,16H,3,6,8,10-12H2,1-2H3. The molecule has 1 atom stereocenters. The predicted octanol–water partition coefficient (Wildman–Crippen LogP) is 2.41. The van der Waals surface area contributed by atoms with Gasteiger partial charge in [-0.25, -0.2) is 0 Å². The lowest BCUT2D eigenvalue weighted by Crippen LogP contribution is -2.33. The largest absolute Gasteiger partial charge is 0.376 e. The highest BCUT2D eigenvalue weighted by atomic mass is 16.5. The summed E-state index contributed by atoms with van der Waals surface area (Å²) >= 11 is 0. The van der Waals surface area contributed by atoms with Crippen molar-refractivity contribution >= 4 is 5.69 Å². The molecule has 2 rings (SSSR count). The number of hydrogen-bond acceptors (Lipinski definition) is 3. The van der Waals surface area contributed by atoms with E-state index in [-0.39, 0.29) is 0 Å². The van der Waals surface area contributed by atoms with E-state index in [9.17, 15) is 0 Å². The van der Waals surface area contributed by atoms with Gasteiger partial charge in [0, 0.05) is 31.9 Å². The van der Waals surface area contributed by atoms with Crippen molar-refractivity contribution in [2.24, 2.45) is 0 Å². The van der Waals surface area contributed by atoms with Crippen LogP contribution in [0.5, 0.6) is 0 Å². The lowest BCUT2D eigenvalue weighted by atomic mass is 10.1. The third-order valence-electron chi connectivity index (χ3n) is 3.53. The summed E-state index contributed by atoms with van der Waals surface area (Å²) in [6, 6.07) is 8.64. The van der Waals surface area contributed by atoms with Crippen molar-refractivity contribution in [3.63, 3.8) is 0 Å². The zero-order chi connectivity index (χ0) is 12.8. The summed E-state index contributed by atoms with van der Waals surface area (Å²) in [4.78, 5) is 2.43. The topological polar surface area (TPSA) is 24.5 Å². The highest BCUT2D eigenvalue weighted by Gasteiger charge is 2.19. The van der Waals surface area contributed by atoms with Gasteiger partial charge in [0.05, 0.1) is 6.10 Å². The van der Waals surface area contributed by atoms with Crippen molar-refractivity contribution in [2.45, 2.75) is 32.4 Å². The first-order valence-corrected chi connectivity index (χ1v) is 6.94. The Morgan fingerprint density at radius 3 is 2.89 bits per heavy atom. The molecule has 1 saturated heterocycles. The number of ether oxygens (including phenoxy) is 1. The molecule has 3 nitrogen and oxygen atoms in total. The second-order valence-electron chi connectivity index (χ2n) is 4.83. The molecule has 1 heterocycles. The van der Waals surface area contributed by atoms with Gasteiger partial charge in [0.25, 0.3) is 0 Å². The molecule has 1 aliphatic heterocycles. The van der Waals surface area contributed by atoms with E-state index in [0.717, 1.165) is 26.2 Å². The number of para-hydroxylation sites is 1. The Hall–Kier alpha value is -1.06. The smallest absolute Gasteiger partial charge is 0.0750 e. The van der Waals surface area contributed by atoms with E-state index < -0.39 is 0 Å². The van der Waals surface area contributed by atoms with Gasteiger partial charge in [0.1, 0.15) is 0 Å². The quantitative estimate of drug-likeness (QED) is 0.836. The van der Waals surface area contributed by atoms with Gasteiger partial charge in [-0.3, -0.25) is 0 Å². The second-order valence-corrected chi connectivity index (χ2v) is 4.83. The Morgan fingerprint density at radius 2 is 2.22 bits per heavy atom.